The summed E-state index contributed by atoms with van der Waals surface area (Å²) in [6.07, 6.45) is 56.4. The van der Waals surface area contributed by atoms with E-state index in [1.807, 2.05) is 21.1 Å². The molecule has 8 nitrogen and oxygen atoms in total. The molecule has 0 aliphatic heterocycles. The topological polar surface area (TPSA) is 94.1 Å². The Bertz CT molecular complexity index is 1190. The minimum absolute atomic E-state index is 0.0169. The molecule has 0 aromatic heterocycles. The van der Waals surface area contributed by atoms with E-state index in [9.17, 15) is 14.3 Å². The Morgan fingerprint density at radius 1 is 0.533 bits per heavy atom. The molecule has 0 heterocycles. The fraction of sp³-hybridized carbons (Fsp3) is 0.745. The number of nitrogens with zero attached hydrogens (tertiary/aromatic N) is 1. The first kappa shape index (κ1) is 57.9. The Morgan fingerprint density at radius 2 is 0.967 bits per heavy atom. The van der Waals surface area contributed by atoms with Crippen LogP contribution in [0.5, 0.6) is 0 Å². The summed E-state index contributed by atoms with van der Waals surface area (Å²) in [5.74, 6) is -0.347. The van der Waals surface area contributed by atoms with Crippen LogP contribution in [0.15, 0.2) is 72.9 Å². The number of rotatable bonds is 44. The average molecular weight is 862 g/mol. The Morgan fingerprint density at radius 3 is 1.43 bits per heavy atom. The third-order valence-electron chi connectivity index (χ3n) is 10.0. The van der Waals surface area contributed by atoms with E-state index in [-0.39, 0.29) is 25.8 Å². The second kappa shape index (κ2) is 43.6. The van der Waals surface area contributed by atoms with Gasteiger partial charge in [-0.25, -0.2) is 0 Å². The van der Waals surface area contributed by atoms with Gasteiger partial charge >= 0.3 is 5.97 Å². The van der Waals surface area contributed by atoms with Gasteiger partial charge in [0.2, 0.25) is 0 Å². The van der Waals surface area contributed by atoms with Crippen LogP contribution in [0.25, 0.3) is 0 Å². The normalized spacial score (nSPS) is 14.3. The fourth-order valence-electron chi connectivity index (χ4n) is 6.31. The molecule has 348 valence electrons. The number of allylic oxidation sites excluding steroid dienone is 12. The van der Waals surface area contributed by atoms with E-state index in [4.69, 9.17) is 18.5 Å². The van der Waals surface area contributed by atoms with Gasteiger partial charge in [-0.1, -0.05) is 189 Å². The number of likely N-dealkylation sites (N-methyl/N-ethyl adjacent to an activating group) is 1. The lowest BCUT2D eigenvalue weighted by molar-refractivity contribution is -0.870. The smallest absolute Gasteiger partial charge is 0.306 e. The maximum atomic E-state index is 12.7. The molecular formula is C51H92NO7P. The van der Waals surface area contributed by atoms with Gasteiger partial charge in [0.05, 0.1) is 34.4 Å². The van der Waals surface area contributed by atoms with Crippen LogP contribution in [0.4, 0.5) is 0 Å². The lowest BCUT2D eigenvalue weighted by atomic mass is 10.0. The summed E-state index contributed by atoms with van der Waals surface area (Å²) in [6.45, 7) is 5.22. The summed E-state index contributed by atoms with van der Waals surface area (Å²) in [6, 6.07) is 0. The van der Waals surface area contributed by atoms with E-state index in [1.54, 1.807) is 0 Å². The van der Waals surface area contributed by atoms with Crippen LogP contribution in [-0.4, -0.2) is 70.7 Å². The lowest BCUT2D eigenvalue weighted by Gasteiger charge is -2.28. The number of phosphoric acid groups is 1. The highest BCUT2D eigenvalue weighted by Crippen LogP contribution is 2.38. The molecule has 0 radical (unpaired) electrons. The van der Waals surface area contributed by atoms with Crippen LogP contribution in [0.2, 0.25) is 0 Å². The maximum Gasteiger partial charge on any atom is 0.306 e. The zero-order valence-corrected chi connectivity index (χ0v) is 40.3. The molecule has 0 N–H and O–H groups in total. The Hall–Kier alpha value is -2.06. The highest BCUT2D eigenvalue weighted by Gasteiger charge is 2.20. The van der Waals surface area contributed by atoms with E-state index in [1.165, 1.54) is 83.5 Å². The lowest BCUT2D eigenvalue weighted by Crippen LogP contribution is -2.37. The first-order valence-electron chi connectivity index (χ1n) is 24.2. The van der Waals surface area contributed by atoms with Gasteiger partial charge in [0.15, 0.2) is 0 Å². The minimum atomic E-state index is -4.54. The van der Waals surface area contributed by atoms with Gasteiger partial charge in [-0.15, -0.1) is 0 Å². The molecule has 0 aromatic rings. The quantitative estimate of drug-likeness (QED) is 0.0198. The molecule has 9 heteroatoms. The molecule has 0 aliphatic carbocycles. The third-order valence-corrected chi connectivity index (χ3v) is 11.0. The Balaban J connectivity index is 4.26. The number of hydrogen-bond acceptors (Lipinski definition) is 7. The number of unbranched alkanes of at least 4 members (excludes halogenated alkanes) is 18. The van der Waals surface area contributed by atoms with Crippen molar-refractivity contribution in [2.24, 2.45) is 0 Å². The van der Waals surface area contributed by atoms with Crippen LogP contribution in [-0.2, 0) is 27.9 Å². The van der Waals surface area contributed by atoms with Gasteiger partial charge in [-0.05, 0) is 64.2 Å². The molecule has 0 bridgehead atoms. The van der Waals surface area contributed by atoms with E-state index in [2.05, 4.69) is 86.8 Å². The predicted octanol–water partition coefficient (Wildman–Crippen LogP) is 14.0. The monoisotopic (exact) mass is 862 g/mol. The van der Waals surface area contributed by atoms with Crippen LogP contribution in [0.3, 0.4) is 0 Å². The van der Waals surface area contributed by atoms with Crippen molar-refractivity contribution in [3.05, 3.63) is 72.9 Å². The number of quaternary nitrogens is 1. The second-order valence-electron chi connectivity index (χ2n) is 17.1. The minimum Gasteiger partial charge on any atom is -0.756 e. The number of carbonyl (C=O) groups excluding carboxylic acids is 1. The molecule has 2 unspecified atom stereocenters. The Kier molecular flexibility index (Phi) is 42.1. The number of ether oxygens (including phenoxy) is 2. The molecule has 60 heavy (non-hydrogen) atoms. The van der Waals surface area contributed by atoms with Gasteiger partial charge in [-0.3, -0.25) is 9.36 Å². The van der Waals surface area contributed by atoms with Crippen molar-refractivity contribution in [1.29, 1.82) is 0 Å². The number of hydrogen-bond donors (Lipinski definition) is 0. The first-order valence-corrected chi connectivity index (χ1v) is 25.6. The summed E-state index contributed by atoms with van der Waals surface area (Å²) in [7, 11) is 1.33. The van der Waals surface area contributed by atoms with Crippen molar-refractivity contribution in [2.75, 3.05) is 54.1 Å². The predicted molar refractivity (Wildman–Crippen MR) is 254 cm³/mol. The van der Waals surface area contributed by atoms with Crippen LogP contribution < -0.4 is 4.89 Å². The summed E-state index contributed by atoms with van der Waals surface area (Å²) < 4.78 is 34.6. The van der Waals surface area contributed by atoms with Gasteiger partial charge in [0, 0.05) is 13.0 Å². The number of carbonyl (C=O) groups is 1. The zero-order valence-electron chi connectivity index (χ0n) is 39.4. The van der Waals surface area contributed by atoms with E-state index < -0.39 is 13.9 Å². The van der Waals surface area contributed by atoms with E-state index >= 15 is 0 Å². The summed E-state index contributed by atoms with van der Waals surface area (Å²) in [5, 5.41) is 0. The molecule has 0 aliphatic rings. The molecule has 2 atom stereocenters. The van der Waals surface area contributed by atoms with Crippen molar-refractivity contribution in [3.8, 4) is 0 Å². The second-order valence-corrected chi connectivity index (χ2v) is 18.5. The van der Waals surface area contributed by atoms with Crippen molar-refractivity contribution in [1.82, 2.24) is 0 Å². The van der Waals surface area contributed by atoms with Crippen molar-refractivity contribution < 1.29 is 37.3 Å². The van der Waals surface area contributed by atoms with E-state index in [0.717, 1.165) is 83.5 Å². The highest BCUT2D eigenvalue weighted by atomic mass is 31.2. The molecular weight excluding hydrogens is 770 g/mol. The molecule has 0 spiro atoms. The van der Waals surface area contributed by atoms with Crippen molar-refractivity contribution in [2.45, 2.75) is 193 Å². The standard InChI is InChI=1S/C51H92NO7P/c1-6-8-10-12-14-16-18-20-22-24-25-26-27-28-29-31-33-35-37-39-41-43-46-56-48-50(49-58-60(54,55)57-47-45-52(3,4)5)59-51(53)44-42-40-38-36-34-32-30-23-21-19-17-15-13-11-9-7-2/h8,10,14,16,20,22,25-26,28-29,33,35,50H,6-7,9,11-13,15,17-19,21,23-24,27,30-32,34,36-49H2,1-5H3/b10-8-,16-14-,22-20-,26-25-,29-28-,35-33-. The fourth-order valence-corrected chi connectivity index (χ4v) is 7.04. The van der Waals surface area contributed by atoms with Crippen LogP contribution >= 0.6 is 7.82 Å². The van der Waals surface area contributed by atoms with Crippen molar-refractivity contribution in [3.63, 3.8) is 0 Å². The zero-order chi connectivity index (χ0) is 44.1. The molecule has 0 saturated carbocycles. The Labute approximate surface area is 370 Å². The molecule has 0 rings (SSSR count). The average Bonchev–Trinajstić information content (AvgIpc) is 3.20. The molecule has 0 fully saturated rings. The van der Waals surface area contributed by atoms with E-state index in [0.29, 0.717) is 24.1 Å². The summed E-state index contributed by atoms with van der Waals surface area (Å²) >= 11 is 0. The molecule has 0 aromatic carbocycles. The van der Waals surface area contributed by atoms with Gasteiger partial charge in [-0.2, -0.15) is 0 Å². The number of esters is 1. The van der Waals surface area contributed by atoms with Gasteiger partial charge in [0.1, 0.15) is 19.3 Å². The number of phosphoric ester groups is 1. The third kappa shape index (κ3) is 47.0. The highest BCUT2D eigenvalue weighted by molar-refractivity contribution is 7.45. The SMILES string of the molecule is CC/C=C\C/C=C\C/C=C\C/C=C\C/C=C\C/C=C\CCCCCOCC(COP(=O)([O-])OCC[N+](C)(C)C)OC(=O)CCCCCCCCCCCCCCCCCC. The van der Waals surface area contributed by atoms with Crippen LogP contribution in [0.1, 0.15) is 187 Å². The maximum absolute atomic E-state index is 12.7. The molecule has 0 saturated heterocycles. The first-order chi connectivity index (χ1) is 29.1. The van der Waals surface area contributed by atoms with Gasteiger partial charge < -0.3 is 27.9 Å². The molecule has 0 amide bonds. The summed E-state index contributed by atoms with van der Waals surface area (Å²) in [5.41, 5.74) is 0. The van der Waals surface area contributed by atoms with Gasteiger partial charge in [0.25, 0.3) is 7.82 Å². The van der Waals surface area contributed by atoms with Crippen molar-refractivity contribution >= 4 is 13.8 Å². The summed E-state index contributed by atoms with van der Waals surface area (Å²) in [4.78, 5) is 25.1. The largest absolute Gasteiger partial charge is 0.756 e. The van der Waals surface area contributed by atoms with Crippen LogP contribution in [0, 0.1) is 0 Å².